The highest BCUT2D eigenvalue weighted by Gasteiger charge is 1.68. The topological polar surface area (TPSA) is 0 Å². The van der Waals surface area contributed by atoms with E-state index in [4.69, 9.17) is 0 Å². The molecule has 0 saturated carbocycles. The van der Waals surface area contributed by atoms with Gasteiger partial charge in [0.05, 0.1) is 0 Å². The van der Waals surface area contributed by atoms with Crippen LogP contribution in [0.5, 0.6) is 0 Å². The summed E-state index contributed by atoms with van der Waals surface area (Å²) in [6.45, 7) is 49.4. The van der Waals surface area contributed by atoms with Crippen molar-refractivity contribution in [2.45, 2.75) is 179 Å². The maximum Gasteiger partial charge on any atom is -0.0500 e. The molecule has 0 aliphatic carbocycles. The number of unbranched alkanes of at least 4 members (excludes halogenated alkanes) is 1. The molecule has 0 bridgehead atoms. The largest absolute Gasteiger partial charge is 0.0683 e. The van der Waals surface area contributed by atoms with Gasteiger partial charge in [0, 0.05) is 0 Å². The zero-order chi connectivity index (χ0) is 26.6. The summed E-state index contributed by atoms with van der Waals surface area (Å²) in [5.41, 5.74) is 0. The summed E-state index contributed by atoms with van der Waals surface area (Å²) in [7, 11) is 0. The zero-order valence-corrected chi connectivity index (χ0v) is 26.6. The van der Waals surface area contributed by atoms with Gasteiger partial charge in [0.25, 0.3) is 0 Å². The normalized spacial score (nSPS) is 5.36. The van der Waals surface area contributed by atoms with Crippen LogP contribution in [0.1, 0.15) is 179 Å². The van der Waals surface area contributed by atoms with E-state index < -0.39 is 0 Å². The lowest BCUT2D eigenvalue weighted by atomic mass is 10.3. The highest BCUT2D eigenvalue weighted by Crippen LogP contribution is 1.81. The Morgan fingerprint density at radius 3 is 0.321 bits per heavy atom. The minimum atomic E-state index is 0.833. The van der Waals surface area contributed by atoms with Crippen molar-refractivity contribution in [3.05, 3.63) is 0 Å². The van der Waals surface area contributed by atoms with Crippen LogP contribution in [0.25, 0.3) is 0 Å². The van der Waals surface area contributed by atoms with Crippen LogP contribution in [-0.2, 0) is 0 Å². The van der Waals surface area contributed by atoms with E-state index in [0.717, 1.165) is 11.8 Å². The van der Waals surface area contributed by atoms with Gasteiger partial charge in [-0.15, -0.1) is 0 Å². The van der Waals surface area contributed by atoms with Crippen molar-refractivity contribution in [2.24, 2.45) is 11.8 Å². The monoisotopic (exact) mass is 415 g/mol. The first-order valence-corrected chi connectivity index (χ1v) is 13.4. The number of hydrogen-bond acceptors (Lipinski definition) is 0. The van der Waals surface area contributed by atoms with E-state index in [9.17, 15) is 0 Å². The van der Waals surface area contributed by atoms with Gasteiger partial charge in [-0.25, -0.2) is 0 Å². The minimum Gasteiger partial charge on any atom is -0.0683 e. The molecule has 0 atom stereocenters. The predicted molar refractivity (Wildman–Crippen MR) is 152 cm³/mol. The van der Waals surface area contributed by atoms with Crippen LogP contribution < -0.4 is 0 Å². The molecule has 190 valence electrons. The molecule has 0 aromatic rings. The zero-order valence-electron chi connectivity index (χ0n) is 26.6. The Kier molecular flexibility index (Phi) is 719. The van der Waals surface area contributed by atoms with E-state index >= 15 is 0 Å². The molecule has 0 heterocycles. The van der Waals surface area contributed by atoms with Crippen LogP contribution in [-0.4, -0.2) is 0 Å². The van der Waals surface area contributed by atoms with Crippen molar-refractivity contribution in [3.8, 4) is 0 Å². The molecule has 0 aromatic heterocycles. The van der Waals surface area contributed by atoms with Crippen molar-refractivity contribution in [2.75, 3.05) is 0 Å². The number of rotatable bonds is 1. The van der Waals surface area contributed by atoms with Crippen LogP contribution >= 0.6 is 0 Å². The van der Waals surface area contributed by atoms with Crippen LogP contribution in [0.3, 0.4) is 0 Å². The van der Waals surface area contributed by atoms with Crippen molar-refractivity contribution < 1.29 is 0 Å². The highest BCUT2D eigenvalue weighted by molar-refractivity contribution is 4.21. The Morgan fingerprint density at radius 1 is 0.286 bits per heavy atom. The summed E-state index contributed by atoms with van der Waals surface area (Å²) in [5, 5.41) is 0. The lowest BCUT2D eigenvalue weighted by molar-refractivity contribution is 0.736. The van der Waals surface area contributed by atoms with Crippen LogP contribution in [0.4, 0.5) is 0 Å². The molecule has 0 fully saturated rings. The molecule has 0 rings (SSSR count). The van der Waals surface area contributed by atoms with Crippen molar-refractivity contribution >= 4 is 0 Å². The quantitative estimate of drug-likeness (QED) is 0.400. The van der Waals surface area contributed by atoms with Gasteiger partial charge in [0.2, 0.25) is 0 Å². The van der Waals surface area contributed by atoms with Crippen LogP contribution in [0.2, 0.25) is 0 Å². The Hall–Kier alpha value is 0. The maximum atomic E-state index is 2.18. The average Bonchev–Trinajstić information content (AvgIpc) is 2.78. The first kappa shape index (κ1) is 70.6. The molecule has 0 saturated heterocycles. The Balaban J connectivity index is -0.0000000129. The Bertz CT molecular complexity index is 30.5. The van der Waals surface area contributed by atoms with Crippen molar-refractivity contribution in [3.63, 3.8) is 0 Å². The Labute approximate surface area is 191 Å². The summed E-state index contributed by atoms with van der Waals surface area (Å²) in [4.78, 5) is 0. The summed E-state index contributed by atoms with van der Waals surface area (Å²) < 4.78 is 0. The van der Waals surface area contributed by atoms with E-state index in [1.165, 1.54) is 12.8 Å². The smallest absolute Gasteiger partial charge is 0.0500 e. The van der Waals surface area contributed by atoms with Gasteiger partial charge < -0.3 is 0 Å². The van der Waals surface area contributed by atoms with E-state index in [0.29, 0.717) is 0 Å². The third-order valence-corrected chi connectivity index (χ3v) is 0.500. The summed E-state index contributed by atoms with van der Waals surface area (Å²) in [6, 6.07) is 0. The average molecular weight is 415 g/mol. The molecule has 0 heteroatoms. The minimum absolute atomic E-state index is 0.833. The lowest BCUT2D eigenvalue weighted by Crippen LogP contribution is -1.66. The van der Waals surface area contributed by atoms with Gasteiger partial charge in [-0.3, -0.25) is 0 Å². The molecular formula is C28H78. The predicted octanol–water partition coefficient (Wildman–Crippen LogP) is 13.3. The highest BCUT2D eigenvalue weighted by atomic mass is 13.7. The molecule has 0 N–H and O–H groups in total. The van der Waals surface area contributed by atoms with Crippen LogP contribution in [0.15, 0.2) is 0 Å². The molecule has 0 unspecified atom stereocenters. The fourth-order valence-corrected chi connectivity index (χ4v) is 0. The van der Waals surface area contributed by atoms with Gasteiger partial charge in [-0.1, -0.05) is 179 Å². The molecule has 0 nitrogen and oxygen atoms in total. The maximum absolute atomic E-state index is 2.18. The van der Waals surface area contributed by atoms with E-state index in [1.807, 2.05) is 111 Å². The summed E-state index contributed by atoms with van der Waals surface area (Å²) in [6.07, 6.45) is 2.64. The van der Waals surface area contributed by atoms with E-state index in [-0.39, 0.29) is 0 Å². The van der Waals surface area contributed by atoms with E-state index in [2.05, 4.69) is 55.4 Å². The van der Waals surface area contributed by atoms with Crippen molar-refractivity contribution in [1.82, 2.24) is 0 Å². The fraction of sp³-hybridized carbons (Fsp3) is 1.00. The van der Waals surface area contributed by atoms with Crippen LogP contribution in [0, 0.1) is 11.8 Å². The first-order chi connectivity index (χ1) is 13.4. The van der Waals surface area contributed by atoms with Crippen molar-refractivity contribution in [1.29, 1.82) is 0 Å². The third-order valence-electron chi connectivity index (χ3n) is 0.500. The molecule has 0 radical (unpaired) electrons. The molecular weight excluding hydrogens is 336 g/mol. The molecule has 0 aliphatic rings. The standard InChI is InChI=1S/3C4H10.8C2H6/c2*1-4(2)3;1-3-4-2;8*1-2/h2*4H,1-3H3;3-4H2,1-2H3;8*1-2H3. The second-order valence-electron chi connectivity index (χ2n) is 4.46. The Morgan fingerprint density at radius 2 is 0.321 bits per heavy atom. The molecule has 28 heavy (non-hydrogen) atoms. The second-order valence-corrected chi connectivity index (χ2v) is 4.46. The van der Waals surface area contributed by atoms with Gasteiger partial charge in [0.15, 0.2) is 0 Å². The van der Waals surface area contributed by atoms with Gasteiger partial charge in [-0.2, -0.15) is 0 Å². The molecule has 0 spiro atoms. The second kappa shape index (κ2) is 285. The summed E-state index contributed by atoms with van der Waals surface area (Å²) >= 11 is 0. The first-order valence-electron chi connectivity index (χ1n) is 13.4. The number of hydrogen-bond donors (Lipinski definition) is 0. The van der Waals surface area contributed by atoms with E-state index in [1.54, 1.807) is 0 Å². The molecule has 0 aromatic carbocycles. The van der Waals surface area contributed by atoms with Gasteiger partial charge >= 0.3 is 0 Å². The van der Waals surface area contributed by atoms with Gasteiger partial charge in [-0.05, 0) is 11.8 Å². The fourth-order valence-electron chi connectivity index (χ4n) is 0. The summed E-state index contributed by atoms with van der Waals surface area (Å²) in [5.74, 6) is 1.67. The molecule has 0 amide bonds. The van der Waals surface area contributed by atoms with Gasteiger partial charge in [0.1, 0.15) is 0 Å². The molecule has 0 aliphatic heterocycles. The SMILES string of the molecule is CC.CC.CC.CC.CC.CC.CC.CC.CC(C)C.CC(C)C.CCCC. The lowest BCUT2D eigenvalue weighted by Gasteiger charge is -1.79. The third kappa shape index (κ3) is 16200.